The molecule has 1 aliphatic heterocycles. The summed E-state index contributed by atoms with van der Waals surface area (Å²) in [4.78, 5) is 3.99. The maximum Gasteiger partial charge on any atom is 0.199 e. The predicted molar refractivity (Wildman–Crippen MR) is 105 cm³/mol. The Balaban J connectivity index is 1.66. The maximum absolute atomic E-state index is 5.72. The quantitative estimate of drug-likeness (QED) is 0.621. The van der Waals surface area contributed by atoms with Crippen LogP contribution < -0.4 is 0 Å². The summed E-state index contributed by atoms with van der Waals surface area (Å²) in [6, 6.07) is 13.0. The molecular formula is C19H22N4S2. The van der Waals surface area contributed by atoms with Gasteiger partial charge in [-0.25, -0.2) is 4.68 Å². The van der Waals surface area contributed by atoms with Crippen LogP contribution in [0.4, 0.5) is 0 Å². The molecule has 1 unspecified atom stereocenters. The molecule has 3 heterocycles. The van der Waals surface area contributed by atoms with Gasteiger partial charge >= 0.3 is 0 Å². The second kappa shape index (κ2) is 6.86. The van der Waals surface area contributed by atoms with Crippen molar-refractivity contribution in [3.63, 3.8) is 0 Å². The number of hydrogen-bond donors (Lipinski definition) is 0. The van der Waals surface area contributed by atoms with Gasteiger partial charge in [0.25, 0.3) is 0 Å². The molecule has 0 fully saturated rings. The highest BCUT2D eigenvalue weighted by atomic mass is 32.1. The van der Waals surface area contributed by atoms with Crippen molar-refractivity contribution < 1.29 is 0 Å². The Kier molecular flexibility index (Phi) is 4.58. The van der Waals surface area contributed by atoms with Crippen LogP contribution in [0.1, 0.15) is 30.3 Å². The Bertz CT molecular complexity index is 923. The second-order valence-electron chi connectivity index (χ2n) is 6.39. The molecule has 0 aliphatic carbocycles. The summed E-state index contributed by atoms with van der Waals surface area (Å²) in [7, 11) is 0. The van der Waals surface area contributed by atoms with Crippen LogP contribution in [0.15, 0.2) is 41.8 Å². The van der Waals surface area contributed by atoms with Crippen LogP contribution in [0.2, 0.25) is 0 Å². The zero-order valence-corrected chi connectivity index (χ0v) is 16.2. The van der Waals surface area contributed by atoms with E-state index in [-0.39, 0.29) is 0 Å². The smallest absolute Gasteiger partial charge is 0.199 e. The second-order valence-corrected chi connectivity index (χ2v) is 7.76. The van der Waals surface area contributed by atoms with Gasteiger partial charge in [0.2, 0.25) is 0 Å². The van der Waals surface area contributed by atoms with Crippen molar-refractivity contribution in [1.29, 1.82) is 0 Å². The number of thiophene rings is 1. The molecule has 4 rings (SSSR count). The minimum atomic E-state index is 0.406. The summed E-state index contributed by atoms with van der Waals surface area (Å²) in [5.41, 5.74) is 2.57. The third-order valence-corrected chi connectivity index (χ3v) is 6.42. The lowest BCUT2D eigenvalue weighted by Crippen LogP contribution is -2.35. The molecule has 130 valence electrons. The summed E-state index contributed by atoms with van der Waals surface area (Å²) in [5, 5.41) is 7.06. The van der Waals surface area contributed by atoms with Crippen molar-refractivity contribution in [3.8, 4) is 11.4 Å². The molecule has 0 radical (unpaired) electrons. The molecule has 25 heavy (non-hydrogen) atoms. The van der Waals surface area contributed by atoms with Crippen molar-refractivity contribution in [2.45, 2.75) is 39.5 Å². The molecule has 6 heteroatoms. The van der Waals surface area contributed by atoms with Gasteiger partial charge in [0.05, 0.1) is 6.67 Å². The molecule has 0 saturated heterocycles. The fraction of sp³-hybridized carbons (Fsp3) is 0.368. The van der Waals surface area contributed by atoms with E-state index in [2.05, 4.69) is 46.9 Å². The number of benzene rings is 1. The summed E-state index contributed by atoms with van der Waals surface area (Å²) in [6.07, 6.45) is 1.12. The Hall–Kier alpha value is -1.76. The van der Waals surface area contributed by atoms with E-state index in [0.717, 1.165) is 42.3 Å². The fourth-order valence-corrected chi connectivity index (χ4v) is 4.82. The van der Waals surface area contributed by atoms with E-state index in [4.69, 9.17) is 17.3 Å². The Labute approximate surface area is 157 Å². The third-order valence-electron chi connectivity index (χ3n) is 4.99. The monoisotopic (exact) mass is 370 g/mol. The minimum absolute atomic E-state index is 0.406. The van der Waals surface area contributed by atoms with Gasteiger partial charge in [-0.2, -0.15) is 5.10 Å². The highest BCUT2D eigenvalue weighted by Crippen LogP contribution is 2.33. The molecule has 4 nitrogen and oxygen atoms in total. The summed E-state index contributed by atoms with van der Waals surface area (Å²) < 4.78 is 4.90. The first-order chi connectivity index (χ1) is 12.2. The van der Waals surface area contributed by atoms with Crippen LogP contribution in [0.3, 0.4) is 0 Å². The van der Waals surface area contributed by atoms with E-state index in [1.54, 1.807) is 0 Å². The summed E-state index contributed by atoms with van der Waals surface area (Å²) >= 11 is 7.59. The van der Waals surface area contributed by atoms with E-state index < -0.39 is 0 Å². The average molecular weight is 371 g/mol. The number of aromatic nitrogens is 3. The van der Waals surface area contributed by atoms with Crippen LogP contribution in [-0.2, 0) is 19.6 Å². The normalized spacial score (nSPS) is 17.6. The first kappa shape index (κ1) is 16.7. The Morgan fingerprint density at radius 2 is 2.04 bits per heavy atom. The standard InChI is InChI=1S/C19H22N4S2/c1-3-22-18(15-7-5-4-6-8-15)20-23(19(22)24)13-21-11-9-17-16(14(21)2)10-12-25-17/h4-8,10,12,14H,3,9,11,13H2,1-2H3. The number of fused-ring (bicyclic) bond motifs is 1. The van der Waals surface area contributed by atoms with E-state index in [0.29, 0.717) is 6.04 Å². The molecule has 3 aromatic rings. The summed E-state index contributed by atoms with van der Waals surface area (Å²) in [5.74, 6) is 0.953. The van der Waals surface area contributed by atoms with Gasteiger partial charge in [-0.15, -0.1) is 11.3 Å². The first-order valence-corrected chi connectivity index (χ1v) is 10.0. The average Bonchev–Trinajstić information content (AvgIpc) is 3.23. The van der Waals surface area contributed by atoms with Crippen molar-refractivity contribution >= 4 is 23.6 Å². The van der Waals surface area contributed by atoms with Crippen molar-refractivity contribution in [3.05, 3.63) is 57.0 Å². The molecule has 0 amide bonds. The number of rotatable bonds is 4. The zero-order chi connectivity index (χ0) is 17.4. The lowest BCUT2D eigenvalue weighted by Gasteiger charge is -2.33. The van der Waals surface area contributed by atoms with Crippen molar-refractivity contribution in [2.75, 3.05) is 6.54 Å². The largest absolute Gasteiger partial charge is 0.300 e. The van der Waals surface area contributed by atoms with Gasteiger partial charge in [0, 0.05) is 29.6 Å². The molecule has 1 aliphatic rings. The van der Waals surface area contributed by atoms with Crippen LogP contribution in [0.5, 0.6) is 0 Å². The molecule has 0 N–H and O–H groups in total. The molecular weight excluding hydrogens is 348 g/mol. The van der Waals surface area contributed by atoms with Crippen LogP contribution in [0.25, 0.3) is 11.4 Å². The van der Waals surface area contributed by atoms with E-state index in [1.807, 2.05) is 34.2 Å². The maximum atomic E-state index is 5.72. The zero-order valence-electron chi connectivity index (χ0n) is 14.6. The lowest BCUT2D eigenvalue weighted by atomic mass is 10.0. The van der Waals surface area contributed by atoms with E-state index in [9.17, 15) is 0 Å². The highest BCUT2D eigenvalue weighted by molar-refractivity contribution is 7.71. The van der Waals surface area contributed by atoms with Gasteiger partial charge in [0.15, 0.2) is 10.6 Å². The van der Waals surface area contributed by atoms with Crippen molar-refractivity contribution in [2.24, 2.45) is 0 Å². The Morgan fingerprint density at radius 3 is 2.80 bits per heavy atom. The molecule has 1 atom stereocenters. The molecule has 0 spiro atoms. The Morgan fingerprint density at radius 1 is 1.24 bits per heavy atom. The van der Waals surface area contributed by atoms with Gasteiger partial charge in [-0.3, -0.25) is 4.90 Å². The van der Waals surface area contributed by atoms with Gasteiger partial charge < -0.3 is 4.57 Å². The third kappa shape index (κ3) is 2.99. The van der Waals surface area contributed by atoms with Crippen LogP contribution in [-0.4, -0.2) is 25.8 Å². The SMILES string of the molecule is CCn1c(-c2ccccc2)nn(CN2CCc3sccc3C2C)c1=S. The van der Waals surface area contributed by atoms with Gasteiger partial charge in [0.1, 0.15) is 0 Å². The highest BCUT2D eigenvalue weighted by Gasteiger charge is 2.25. The molecule has 0 saturated carbocycles. The summed E-state index contributed by atoms with van der Waals surface area (Å²) in [6.45, 7) is 7.02. The van der Waals surface area contributed by atoms with Gasteiger partial charge in [-0.1, -0.05) is 30.3 Å². The number of hydrogen-bond acceptors (Lipinski definition) is 4. The molecule has 1 aromatic carbocycles. The minimum Gasteiger partial charge on any atom is -0.300 e. The fourth-order valence-electron chi connectivity index (χ4n) is 3.55. The molecule has 0 bridgehead atoms. The van der Waals surface area contributed by atoms with E-state index in [1.165, 1.54) is 10.4 Å². The predicted octanol–water partition coefficient (Wildman–Crippen LogP) is 4.74. The molecule has 2 aromatic heterocycles. The van der Waals surface area contributed by atoms with Gasteiger partial charge in [-0.05, 0) is 49.5 Å². The lowest BCUT2D eigenvalue weighted by molar-refractivity contribution is 0.144. The number of nitrogens with zero attached hydrogens (tertiary/aromatic N) is 4. The van der Waals surface area contributed by atoms with E-state index >= 15 is 0 Å². The van der Waals surface area contributed by atoms with Crippen LogP contribution >= 0.6 is 23.6 Å². The topological polar surface area (TPSA) is 26.0 Å². The van der Waals surface area contributed by atoms with Crippen LogP contribution in [0, 0.1) is 4.77 Å². The first-order valence-electron chi connectivity index (χ1n) is 8.72. The van der Waals surface area contributed by atoms with Crippen molar-refractivity contribution in [1.82, 2.24) is 19.2 Å².